The number of piperazine rings is 1. The van der Waals surface area contributed by atoms with E-state index in [1.54, 1.807) is 0 Å². The number of rotatable bonds is 2. The number of sulfonamides is 1. The molecule has 1 N–H and O–H groups in total. The minimum atomic E-state index is -3.85. The first-order valence-electron chi connectivity index (χ1n) is 6.33. The summed E-state index contributed by atoms with van der Waals surface area (Å²) < 4.78 is 28.3. The summed E-state index contributed by atoms with van der Waals surface area (Å²) in [7, 11) is 0.845. The molecule has 1 aliphatic rings. The van der Waals surface area contributed by atoms with Crippen LogP contribution in [0.4, 0.5) is 0 Å². The summed E-state index contributed by atoms with van der Waals surface area (Å²) in [5, 5.41) is 0. The number of likely N-dealkylation sites (N-methyl/N-ethyl adjacent to an activating group) is 1. The molecule has 1 aromatic rings. The van der Waals surface area contributed by atoms with E-state index >= 15 is 0 Å². The van der Waals surface area contributed by atoms with Crippen molar-refractivity contribution in [3.8, 4) is 0 Å². The van der Waals surface area contributed by atoms with Crippen LogP contribution in [0.15, 0.2) is 20.7 Å². The molecule has 0 saturated carbocycles. The van der Waals surface area contributed by atoms with Crippen molar-refractivity contribution in [2.45, 2.75) is 4.90 Å². The molecule has 112 valence electrons. The summed E-state index contributed by atoms with van der Waals surface area (Å²) in [6.45, 7) is 2.15. The average Bonchev–Trinajstić information content (AvgIpc) is 2.41. The third-order valence-electron chi connectivity index (χ3n) is 3.61. The lowest BCUT2D eigenvalue weighted by Gasteiger charge is -2.29. The van der Waals surface area contributed by atoms with Crippen molar-refractivity contribution in [2.75, 3.05) is 33.2 Å². The van der Waals surface area contributed by atoms with Crippen LogP contribution < -0.4 is 16.1 Å². The van der Waals surface area contributed by atoms with Crippen LogP contribution >= 0.6 is 0 Å². The van der Waals surface area contributed by atoms with Gasteiger partial charge in [-0.15, -0.1) is 0 Å². The number of hydrogen-bond donors (Lipinski definition) is 1. The molecule has 0 radical (unpaired) electrons. The van der Waals surface area contributed by atoms with E-state index in [1.165, 1.54) is 23.3 Å². The van der Waals surface area contributed by atoms with Gasteiger partial charge in [-0.3, -0.25) is 9.36 Å². The van der Waals surface area contributed by atoms with Gasteiger partial charge in [-0.2, -0.15) is 4.31 Å². The monoisotopic (exact) mass is 303 g/mol. The quantitative estimate of drug-likeness (QED) is 0.617. The number of nitrogens with one attached hydrogen (secondary N) is 1. The Morgan fingerprint density at radius 3 is 2.25 bits per heavy atom. The smallest absolute Gasteiger partial charge is 0.330 e. The molecule has 0 bridgehead atoms. The van der Waals surface area contributed by atoms with E-state index in [9.17, 15) is 18.0 Å². The Balaban J connectivity index is 2.51. The van der Waals surface area contributed by atoms with Gasteiger partial charge in [0.05, 0.1) is 33.2 Å². The van der Waals surface area contributed by atoms with Crippen LogP contribution in [0.3, 0.4) is 0 Å². The van der Waals surface area contributed by atoms with E-state index in [2.05, 4.69) is 0 Å². The van der Waals surface area contributed by atoms with Gasteiger partial charge in [0.15, 0.2) is 4.90 Å². The third-order valence-corrected chi connectivity index (χ3v) is 5.49. The highest BCUT2D eigenvalue weighted by Crippen LogP contribution is 2.10. The second-order valence-electron chi connectivity index (χ2n) is 5.11. The summed E-state index contributed by atoms with van der Waals surface area (Å²) in [6.07, 6.45) is 1.10. The molecule has 0 unspecified atom stereocenters. The van der Waals surface area contributed by atoms with Crippen LogP contribution in [0.25, 0.3) is 0 Å². The lowest BCUT2D eigenvalue weighted by atomic mass is 10.4. The zero-order valence-electron chi connectivity index (χ0n) is 11.8. The molecule has 0 aromatic carbocycles. The highest BCUT2D eigenvalue weighted by atomic mass is 32.2. The van der Waals surface area contributed by atoms with E-state index in [0.717, 1.165) is 15.3 Å². The summed E-state index contributed by atoms with van der Waals surface area (Å²) >= 11 is 0. The van der Waals surface area contributed by atoms with Crippen molar-refractivity contribution >= 4 is 10.0 Å². The van der Waals surface area contributed by atoms with Crippen LogP contribution in [0.1, 0.15) is 0 Å². The zero-order chi connectivity index (χ0) is 15.1. The van der Waals surface area contributed by atoms with Crippen molar-refractivity contribution in [2.24, 2.45) is 14.1 Å². The van der Waals surface area contributed by atoms with Crippen LogP contribution in [-0.4, -0.2) is 55.1 Å². The fourth-order valence-electron chi connectivity index (χ4n) is 2.20. The molecular weight excluding hydrogens is 284 g/mol. The van der Waals surface area contributed by atoms with Crippen LogP contribution in [0, 0.1) is 0 Å². The summed E-state index contributed by atoms with van der Waals surface area (Å²) in [4.78, 5) is 24.5. The van der Waals surface area contributed by atoms with Crippen LogP contribution in [0.5, 0.6) is 0 Å². The minimum Gasteiger partial charge on any atom is -0.335 e. The Morgan fingerprint density at radius 2 is 1.70 bits per heavy atom. The average molecular weight is 303 g/mol. The Kier molecular flexibility index (Phi) is 3.85. The van der Waals surface area contributed by atoms with Gasteiger partial charge >= 0.3 is 5.69 Å². The second-order valence-corrected chi connectivity index (χ2v) is 7.02. The fourth-order valence-corrected chi connectivity index (χ4v) is 3.79. The van der Waals surface area contributed by atoms with Crippen molar-refractivity contribution < 1.29 is 13.3 Å². The maximum atomic E-state index is 12.5. The first-order valence-corrected chi connectivity index (χ1v) is 7.77. The minimum absolute atomic E-state index is 0.346. The Bertz CT molecular complexity index is 726. The van der Waals surface area contributed by atoms with Gasteiger partial charge in [-0.05, 0) is 0 Å². The number of nitrogens with zero attached hydrogens (tertiary/aromatic N) is 3. The molecule has 2 rings (SSSR count). The van der Waals surface area contributed by atoms with Gasteiger partial charge in [0.1, 0.15) is 0 Å². The van der Waals surface area contributed by atoms with Crippen LogP contribution in [0.2, 0.25) is 0 Å². The number of aromatic nitrogens is 2. The van der Waals surface area contributed by atoms with Gasteiger partial charge in [-0.25, -0.2) is 13.2 Å². The SMILES string of the molecule is Cn1cc(S(=O)(=O)N2CC[NH+](C)CC2)c(=O)n(C)c1=O. The van der Waals surface area contributed by atoms with Crippen molar-refractivity contribution in [3.63, 3.8) is 0 Å². The van der Waals surface area contributed by atoms with Crippen molar-refractivity contribution in [3.05, 3.63) is 27.0 Å². The zero-order valence-corrected chi connectivity index (χ0v) is 12.6. The predicted molar refractivity (Wildman–Crippen MR) is 72.3 cm³/mol. The van der Waals surface area contributed by atoms with Gasteiger partial charge in [0.25, 0.3) is 5.56 Å². The molecule has 2 heterocycles. The Morgan fingerprint density at radius 1 is 1.15 bits per heavy atom. The van der Waals surface area contributed by atoms with E-state index in [-0.39, 0.29) is 4.90 Å². The molecule has 0 amide bonds. The standard InChI is InChI=1S/C11H18N4O4S/c1-12-4-6-15(7-5-12)20(18,19)9-8-13(2)11(17)14(3)10(9)16/h8H,4-7H2,1-3H3/p+1. The van der Waals surface area contributed by atoms with Gasteiger partial charge in [0.2, 0.25) is 10.0 Å². The van der Waals surface area contributed by atoms with Crippen molar-refractivity contribution in [1.82, 2.24) is 13.4 Å². The highest BCUT2D eigenvalue weighted by Gasteiger charge is 2.32. The maximum Gasteiger partial charge on any atom is 0.330 e. The van der Waals surface area contributed by atoms with Gasteiger partial charge in [0, 0.05) is 20.3 Å². The van der Waals surface area contributed by atoms with E-state index in [1.807, 2.05) is 7.05 Å². The van der Waals surface area contributed by atoms with E-state index in [0.29, 0.717) is 26.2 Å². The summed E-state index contributed by atoms with van der Waals surface area (Å²) in [6, 6.07) is 0. The Labute approximate surface area is 116 Å². The fraction of sp³-hybridized carbons (Fsp3) is 0.636. The number of aryl methyl sites for hydroxylation is 1. The molecule has 1 fully saturated rings. The molecule has 20 heavy (non-hydrogen) atoms. The molecular formula is C11H19N4O4S+. The van der Waals surface area contributed by atoms with E-state index < -0.39 is 21.3 Å². The molecule has 0 atom stereocenters. The van der Waals surface area contributed by atoms with Gasteiger partial charge in [-0.1, -0.05) is 0 Å². The highest BCUT2D eigenvalue weighted by molar-refractivity contribution is 7.89. The lowest BCUT2D eigenvalue weighted by molar-refractivity contribution is -0.883. The Hall–Kier alpha value is -1.45. The first-order chi connectivity index (χ1) is 9.25. The molecule has 1 aliphatic heterocycles. The number of quaternary nitrogens is 1. The molecule has 1 saturated heterocycles. The largest absolute Gasteiger partial charge is 0.335 e. The summed E-state index contributed by atoms with van der Waals surface area (Å²) in [5.74, 6) is 0. The first kappa shape index (κ1) is 14.9. The second kappa shape index (κ2) is 5.15. The molecule has 0 spiro atoms. The third kappa shape index (κ3) is 2.43. The topological polar surface area (TPSA) is 85.8 Å². The van der Waals surface area contributed by atoms with E-state index in [4.69, 9.17) is 0 Å². The molecule has 0 aliphatic carbocycles. The molecule has 9 heteroatoms. The predicted octanol–water partition coefficient (Wildman–Crippen LogP) is -3.40. The van der Waals surface area contributed by atoms with Crippen molar-refractivity contribution in [1.29, 1.82) is 0 Å². The molecule has 1 aromatic heterocycles. The van der Waals surface area contributed by atoms with Gasteiger partial charge < -0.3 is 9.47 Å². The normalized spacial score (nSPS) is 18.4. The summed E-state index contributed by atoms with van der Waals surface area (Å²) in [5.41, 5.74) is -1.32. The number of hydrogen-bond acceptors (Lipinski definition) is 4. The van der Waals surface area contributed by atoms with Crippen LogP contribution in [-0.2, 0) is 24.1 Å². The lowest BCUT2D eigenvalue weighted by Crippen LogP contribution is -3.12. The molecule has 8 nitrogen and oxygen atoms in total. The maximum absolute atomic E-state index is 12.5.